The van der Waals surface area contributed by atoms with E-state index in [-0.39, 0.29) is 11.8 Å². The predicted octanol–water partition coefficient (Wildman–Crippen LogP) is 2.99. The molecule has 2 N–H and O–H groups in total. The van der Waals surface area contributed by atoms with Crippen LogP contribution in [-0.2, 0) is 11.3 Å². The third-order valence-corrected chi connectivity index (χ3v) is 4.09. The molecule has 0 aromatic carbocycles. The number of aromatic nitrogens is 2. The molecule has 1 unspecified atom stereocenters. The van der Waals surface area contributed by atoms with Gasteiger partial charge in [-0.3, -0.25) is 9.89 Å². The first-order valence-corrected chi connectivity index (χ1v) is 7.20. The fraction of sp³-hybridized carbons (Fsp3) is 0.154. The largest absolute Gasteiger partial charge is 0.364 e. The van der Waals surface area contributed by atoms with Gasteiger partial charge in [0.1, 0.15) is 11.7 Å². The summed E-state index contributed by atoms with van der Waals surface area (Å²) in [5, 5.41) is 10.2. The predicted molar refractivity (Wildman–Crippen MR) is 80.6 cm³/mol. The zero-order valence-corrected chi connectivity index (χ0v) is 11.9. The zero-order valence-electron chi connectivity index (χ0n) is 10.3. The minimum atomic E-state index is -0.376. The number of hydrogen-bond acceptors (Lipinski definition) is 4. The van der Waals surface area contributed by atoms with Crippen LogP contribution in [0.3, 0.4) is 0 Å². The van der Waals surface area contributed by atoms with Crippen molar-refractivity contribution in [2.24, 2.45) is 4.99 Å². The lowest BCUT2D eigenvalue weighted by molar-refractivity contribution is -0.118. The number of hydrogen-bond donors (Lipinski definition) is 2. The number of thiophene rings is 1. The lowest BCUT2D eigenvalue weighted by Gasteiger charge is -2.07. The van der Waals surface area contributed by atoms with Crippen LogP contribution in [0.15, 0.2) is 35.3 Å². The van der Waals surface area contributed by atoms with Crippen molar-refractivity contribution in [1.82, 2.24) is 10.2 Å². The third kappa shape index (κ3) is 2.81. The highest BCUT2D eigenvalue weighted by Gasteiger charge is 2.20. The first kappa shape index (κ1) is 13.1. The zero-order chi connectivity index (χ0) is 13.9. The summed E-state index contributed by atoms with van der Waals surface area (Å²) < 4.78 is 0.764. The Labute approximate surface area is 124 Å². The lowest BCUT2D eigenvalue weighted by Crippen LogP contribution is -2.11. The highest BCUT2D eigenvalue weighted by molar-refractivity contribution is 7.16. The molecule has 0 bridgehead atoms. The molecule has 20 heavy (non-hydrogen) atoms. The molecule has 0 radical (unpaired) electrons. The number of dihydropyridines is 1. The van der Waals surface area contributed by atoms with Crippen LogP contribution in [0.5, 0.6) is 0 Å². The van der Waals surface area contributed by atoms with Crippen molar-refractivity contribution in [2.75, 3.05) is 5.32 Å². The van der Waals surface area contributed by atoms with Crippen LogP contribution in [-0.4, -0.2) is 22.3 Å². The quantitative estimate of drug-likeness (QED) is 0.912. The second-order valence-electron chi connectivity index (χ2n) is 4.25. The van der Waals surface area contributed by atoms with E-state index in [1.807, 2.05) is 18.2 Å². The molecule has 3 heterocycles. The Balaban J connectivity index is 1.66. The van der Waals surface area contributed by atoms with Crippen molar-refractivity contribution in [2.45, 2.75) is 12.5 Å². The van der Waals surface area contributed by atoms with E-state index in [0.717, 1.165) is 14.9 Å². The molecule has 0 fully saturated rings. The van der Waals surface area contributed by atoms with Crippen LogP contribution in [0, 0.1) is 0 Å². The number of nitrogens with zero attached hydrogens (tertiary/aromatic N) is 2. The first-order chi connectivity index (χ1) is 9.72. The van der Waals surface area contributed by atoms with Crippen LogP contribution in [0.2, 0.25) is 4.34 Å². The number of nitrogens with one attached hydrogen (secondary N) is 2. The number of halogens is 1. The van der Waals surface area contributed by atoms with Crippen molar-refractivity contribution in [3.63, 3.8) is 0 Å². The minimum absolute atomic E-state index is 0.187. The summed E-state index contributed by atoms with van der Waals surface area (Å²) in [6, 6.07) is 5.65. The Morgan fingerprint density at radius 2 is 2.35 bits per heavy atom. The van der Waals surface area contributed by atoms with Crippen LogP contribution in [0.4, 0.5) is 5.82 Å². The molecule has 5 nitrogen and oxygen atoms in total. The molecule has 0 saturated carbocycles. The van der Waals surface area contributed by atoms with Crippen molar-refractivity contribution in [3.8, 4) is 0 Å². The highest BCUT2D eigenvalue weighted by Crippen LogP contribution is 2.24. The van der Waals surface area contributed by atoms with E-state index >= 15 is 0 Å². The Hall–Kier alpha value is -1.92. The van der Waals surface area contributed by atoms with E-state index in [2.05, 4.69) is 20.5 Å². The van der Waals surface area contributed by atoms with Gasteiger partial charge in [-0.05, 0) is 18.2 Å². The maximum atomic E-state index is 11.7. The summed E-state index contributed by atoms with van der Waals surface area (Å²) in [4.78, 5) is 16.5. The SMILES string of the molecule is O=C1N=CC=CC1c1cc(NCc2ccc(Cl)s2)n[nH]1. The molecular formula is C13H11ClN4OS. The Kier molecular flexibility index (Phi) is 3.66. The number of anilines is 1. The van der Waals surface area contributed by atoms with E-state index < -0.39 is 0 Å². The van der Waals surface area contributed by atoms with Crippen molar-refractivity contribution >= 4 is 40.9 Å². The number of carbonyl (C=O) groups is 1. The van der Waals surface area contributed by atoms with E-state index in [0.29, 0.717) is 12.4 Å². The number of H-pyrrole nitrogens is 1. The molecule has 3 rings (SSSR count). The van der Waals surface area contributed by atoms with E-state index in [4.69, 9.17) is 11.6 Å². The van der Waals surface area contributed by atoms with Gasteiger partial charge in [0.25, 0.3) is 5.91 Å². The van der Waals surface area contributed by atoms with Crippen molar-refractivity contribution < 1.29 is 4.79 Å². The van der Waals surface area contributed by atoms with Gasteiger partial charge >= 0.3 is 0 Å². The van der Waals surface area contributed by atoms with Gasteiger partial charge in [0.2, 0.25) is 0 Å². The summed E-state index contributed by atoms with van der Waals surface area (Å²) in [5.41, 5.74) is 0.731. The number of allylic oxidation sites excluding steroid dienone is 1. The Morgan fingerprint density at radius 1 is 1.45 bits per heavy atom. The summed E-state index contributed by atoms with van der Waals surface area (Å²) in [6.45, 7) is 0.647. The number of carbonyl (C=O) groups excluding carboxylic acids is 1. The molecule has 102 valence electrons. The van der Waals surface area contributed by atoms with Gasteiger partial charge in [0, 0.05) is 17.2 Å². The van der Waals surface area contributed by atoms with Gasteiger partial charge in [-0.1, -0.05) is 17.7 Å². The third-order valence-electron chi connectivity index (χ3n) is 2.86. The molecule has 1 atom stereocenters. The molecule has 2 aromatic rings. The first-order valence-electron chi connectivity index (χ1n) is 6.00. The number of aliphatic imine (C=N–C) groups is 1. The van der Waals surface area contributed by atoms with Crippen LogP contribution in [0.25, 0.3) is 0 Å². The Morgan fingerprint density at radius 3 is 3.10 bits per heavy atom. The molecule has 0 aliphatic carbocycles. The van der Waals surface area contributed by atoms with Gasteiger partial charge in [-0.25, -0.2) is 4.99 Å². The molecule has 1 amide bonds. The smallest absolute Gasteiger partial charge is 0.258 e. The monoisotopic (exact) mass is 306 g/mol. The fourth-order valence-corrected chi connectivity index (χ4v) is 2.91. The second kappa shape index (κ2) is 5.60. The van der Waals surface area contributed by atoms with E-state index in [1.165, 1.54) is 17.6 Å². The summed E-state index contributed by atoms with van der Waals surface area (Å²) in [7, 11) is 0. The summed E-state index contributed by atoms with van der Waals surface area (Å²) in [5.74, 6) is 0.132. The van der Waals surface area contributed by atoms with Crippen LogP contribution in [0.1, 0.15) is 16.5 Å². The van der Waals surface area contributed by atoms with Gasteiger partial charge in [-0.2, -0.15) is 5.10 Å². The van der Waals surface area contributed by atoms with E-state index in [9.17, 15) is 4.79 Å². The van der Waals surface area contributed by atoms with Crippen LogP contribution < -0.4 is 5.32 Å². The molecule has 2 aromatic heterocycles. The highest BCUT2D eigenvalue weighted by atomic mass is 35.5. The average Bonchev–Trinajstić information content (AvgIpc) is 3.06. The normalized spacial score (nSPS) is 17.6. The van der Waals surface area contributed by atoms with Gasteiger partial charge in [0.15, 0.2) is 0 Å². The maximum absolute atomic E-state index is 11.7. The van der Waals surface area contributed by atoms with Crippen molar-refractivity contribution in [3.05, 3.63) is 45.3 Å². The molecule has 0 spiro atoms. The number of rotatable bonds is 4. The molecule has 1 aliphatic heterocycles. The molecule has 7 heteroatoms. The number of aromatic amines is 1. The van der Waals surface area contributed by atoms with E-state index in [1.54, 1.807) is 12.2 Å². The summed E-state index contributed by atoms with van der Waals surface area (Å²) >= 11 is 7.40. The molecular weight excluding hydrogens is 296 g/mol. The van der Waals surface area contributed by atoms with Crippen molar-refractivity contribution in [1.29, 1.82) is 0 Å². The minimum Gasteiger partial charge on any atom is -0.364 e. The van der Waals surface area contributed by atoms with Gasteiger partial charge in [0.05, 0.1) is 16.6 Å². The Bertz CT molecular complexity index is 688. The fourth-order valence-electron chi connectivity index (χ4n) is 1.89. The lowest BCUT2D eigenvalue weighted by atomic mass is 10.0. The molecule has 1 aliphatic rings. The average molecular weight is 307 g/mol. The van der Waals surface area contributed by atoms with Crippen LogP contribution >= 0.6 is 22.9 Å². The number of amides is 1. The standard InChI is InChI=1S/C13H11ClN4OS/c14-11-4-3-8(20-11)7-16-12-6-10(17-18-12)9-2-1-5-15-13(9)19/h1-6,9H,7H2,(H2,16,17,18). The van der Waals surface area contributed by atoms with Gasteiger partial charge < -0.3 is 5.32 Å². The maximum Gasteiger partial charge on any atom is 0.258 e. The summed E-state index contributed by atoms with van der Waals surface area (Å²) in [6.07, 6.45) is 5.05. The van der Waals surface area contributed by atoms with Gasteiger partial charge in [-0.15, -0.1) is 11.3 Å². The topological polar surface area (TPSA) is 70.1 Å². The molecule has 0 saturated heterocycles. The second-order valence-corrected chi connectivity index (χ2v) is 6.05.